The monoisotopic (exact) mass is 340 g/mol. The zero-order valence-corrected chi connectivity index (χ0v) is 14.4. The van der Waals surface area contributed by atoms with E-state index in [0.29, 0.717) is 17.1 Å². The van der Waals surface area contributed by atoms with Crippen LogP contribution >= 0.6 is 0 Å². The highest BCUT2D eigenvalue weighted by atomic mass is 16.5. The zero-order chi connectivity index (χ0) is 17.6. The van der Waals surface area contributed by atoms with Crippen molar-refractivity contribution < 1.29 is 9.53 Å². The van der Waals surface area contributed by atoms with E-state index in [4.69, 9.17) is 10.5 Å². The summed E-state index contributed by atoms with van der Waals surface area (Å²) in [6, 6.07) is 12.3. The van der Waals surface area contributed by atoms with Crippen molar-refractivity contribution >= 4 is 17.5 Å². The Hall–Kier alpha value is -2.60. The molecule has 1 aliphatic rings. The predicted molar refractivity (Wildman–Crippen MR) is 98.4 cm³/mol. The van der Waals surface area contributed by atoms with Gasteiger partial charge in [0.2, 0.25) is 0 Å². The molecule has 1 aliphatic heterocycles. The van der Waals surface area contributed by atoms with E-state index in [0.717, 1.165) is 32.5 Å². The Bertz CT molecular complexity index is 721. The van der Waals surface area contributed by atoms with Gasteiger partial charge in [0.25, 0.3) is 0 Å². The molecule has 2 aromatic rings. The fraction of sp³-hybridized carbons (Fsp3) is 0.368. The molecule has 0 saturated carbocycles. The number of aromatic nitrogens is 1. The van der Waals surface area contributed by atoms with Gasteiger partial charge in [-0.3, -0.25) is 4.90 Å². The second-order valence-corrected chi connectivity index (χ2v) is 6.32. The van der Waals surface area contributed by atoms with Gasteiger partial charge in [-0.25, -0.2) is 9.78 Å². The van der Waals surface area contributed by atoms with Crippen LogP contribution in [0.15, 0.2) is 42.6 Å². The van der Waals surface area contributed by atoms with Crippen LogP contribution in [0.25, 0.3) is 0 Å². The number of likely N-dealkylation sites (tertiary alicyclic amines) is 1. The second kappa shape index (κ2) is 7.98. The summed E-state index contributed by atoms with van der Waals surface area (Å²) in [5.41, 5.74) is 8.10. The minimum Gasteiger partial charge on any atom is -0.465 e. The molecule has 1 saturated heterocycles. The number of carbonyl (C=O) groups is 1. The molecule has 1 atom stereocenters. The number of nitrogens with one attached hydrogen (secondary N) is 1. The topological polar surface area (TPSA) is 80.5 Å². The Morgan fingerprint density at radius 1 is 1.36 bits per heavy atom. The number of pyridine rings is 1. The Labute approximate surface area is 148 Å². The number of nitrogen functional groups attached to an aromatic ring is 1. The third kappa shape index (κ3) is 4.28. The molecule has 1 aromatic carbocycles. The first-order valence-electron chi connectivity index (χ1n) is 8.53. The van der Waals surface area contributed by atoms with Crippen LogP contribution in [-0.2, 0) is 11.3 Å². The first kappa shape index (κ1) is 17.2. The number of nitrogens with two attached hydrogens (primary N) is 1. The van der Waals surface area contributed by atoms with E-state index in [1.165, 1.54) is 12.7 Å². The standard InChI is InChI=1S/C19H24N4O2/c1-25-19(24)16-9-10-21-18(17(16)20)22-15-8-5-11-23(13-15)12-14-6-3-2-4-7-14/h2-4,6-7,9-10,15H,5,8,11-13,20H2,1H3,(H,21,22). The van der Waals surface area contributed by atoms with Gasteiger partial charge in [-0.05, 0) is 31.0 Å². The zero-order valence-electron chi connectivity index (χ0n) is 14.4. The number of esters is 1. The molecule has 2 heterocycles. The van der Waals surface area contributed by atoms with Gasteiger partial charge in [0.05, 0.1) is 18.4 Å². The maximum absolute atomic E-state index is 11.8. The smallest absolute Gasteiger partial charge is 0.340 e. The maximum Gasteiger partial charge on any atom is 0.340 e. The first-order chi connectivity index (χ1) is 12.2. The summed E-state index contributed by atoms with van der Waals surface area (Å²) in [5.74, 6) is 0.103. The van der Waals surface area contributed by atoms with E-state index in [2.05, 4.69) is 39.5 Å². The van der Waals surface area contributed by atoms with Crippen molar-refractivity contribution in [3.63, 3.8) is 0 Å². The van der Waals surface area contributed by atoms with Crippen molar-refractivity contribution in [1.82, 2.24) is 9.88 Å². The first-order valence-corrected chi connectivity index (χ1v) is 8.53. The molecule has 6 heteroatoms. The molecule has 0 aliphatic carbocycles. The number of anilines is 2. The molecule has 25 heavy (non-hydrogen) atoms. The van der Waals surface area contributed by atoms with Crippen molar-refractivity contribution in [2.24, 2.45) is 0 Å². The molecule has 1 unspecified atom stereocenters. The molecule has 0 amide bonds. The van der Waals surface area contributed by atoms with Crippen LogP contribution in [0.2, 0.25) is 0 Å². The van der Waals surface area contributed by atoms with Crippen LogP contribution in [0.4, 0.5) is 11.5 Å². The molecule has 132 valence electrons. The summed E-state index contributed by atoms with van der Waals surface area (Å²) in [7, 11) is 1.35. The lowest BCUT2D eigenvalue weighted by molar-refractivity contribution is 0.0602. The van der Waals surface area contributed by atoms with Gasteiger partial charge in [-0.1, -0.05) is 30.3 Å². The number of rotatable bonds is 5. The number of methoxy groups -OCH3 is 1. The normalized spacial score (nSPS) is 17.9. The van der Waals surface area contributed by atoms with Crippen molar-refractivity contribution in [3.8, 4) is 0 Å². The minimum absolute atomic E-state index is 0.250. The summed E-state index contributed by atoms with van der Waals surface area (Å²) in [6.07, 6.45) is 3.74. The lowest BCUT2D eigenvalue weighted by atomic mass is 10.0. The summed E-state index contributed by atoms with van der Waals surface area (Å²) in [4.78, 5) is 18.5. The minimum atomic E-state index is -0.447. The number of benzene rings is 1. The molecular weight excluding hydrogens is 316 g/mol. The summed E-state index contributed by atoms with van der Waals surface area (Å²) in [5, 5.41) is 3.40. The second-order valence-electron chi connectivity index (χ2n) is 6.32. The van der Waals surface area contributed by atoms with E-state index in [9.17, 15) is 4.79 Å². The van der Waals surface area contributed by atoms with Gasteiger partial charge in [-0.15, -0.1) is 0 Å². The van der Waals surface area contributed by atoms with Gasteiger partial charge in [-0.2, -0.15) is 0 Å². The van der Waals surface area contributed by atoms with Gasteiger partial charge in [0, 0.05) is 25.3 Å². The molecule has 6 nitrogen and oxygen atoms in total. The Morgan fingerprint density at radius 3 is 2.92 bits per heavy atom. The van der Waals surface area contributed by atoms with E-state index in [-0.39, 0.29) is 6.04 Å². The van der Waals surface area contributed by atoms with E-state index in [1.54, 1.807) is 12.3 Å². The maximum atomic E-state index is 11.8. The van der Waals surface area contributed by atoms with E-state index >= 15 is 0 Å². The van der Waals surface area contributed by atoms with Crippen LogP contribution in [0, 0.1) is 0 Å². The SMILES string of the molecule is COC(=O)c1ccnc(NC2CCCN(Cc3ccccc3)C2)c1N. The van der Waals surface area contributed by atoms with Gasteiger partial charge < -0.3 is 15.8 Å². The summed E-state index contributed by atoms with van der Waals surface area (Å²) >= 11 is 0. The molecule has 1 aromatic heterocycles. The molecule has 0 bridgehead atoms. The lowest BCUT2D eigenvalue weighted by Gasteiger charge is -2.33. The Kier molecular flexibility index (Phi) is 5.50. The van der Waals surface area contributed by atoms with Crippen molar-refractivity contribution in [3.05, 3.63) is 53.7 Å². The van der Waals surface area contributed by atoms with Gasteiger partial charge >= 0.3 is 5.97 Å². The molecule has 1 fully saturated rings. The summed E-state index contributed by atoms with van der Waals surface area (Å²) in [6.45, 7) is 2.93. The van der Waals surface area contributed by atoms with Crippen LogP contribution < -0.4 is 11.1 Å². The fourth-order valence-electron chi connectivity index (χ4n) is 3.23. The average molecular weight is 340 g/mol. The number of carbonyl (C=O) groups excluding carboxylic acids is 1. The molecule has 3 N–H and O–H groups in total. The molecule has 3 rings (SSSR count). The number of hydrogen-bond donors (Lipinski definition) is 2. The van der Waals surface area contributed by atoms with E-state index in [1.807, 2.05) is 6.07 Å². The number of piperidine rings is 1. The van der Waals surface area contributed by atoms with Crippen LogP contribution in [-0.4, -0.2) is 42.1 Å². The number of hydrogen-bond acceptors (Lipinski definition) is 6. The third-order valence-corrected chi connectivity index (χ3v) is 4.49. The quantitative estimate of drug-likeness (QED) is 0.814. The highest BCUT2D eigenvalue weighted by Crippen LogP contribution is 2.24. The lowest BCUT2D eigenvalue weighted by Crippen LogP contribution is -2.41. The highest BCUT2D eigenvalue weighted by Gasteiger charge is 2.22. The van der Waals surface area contributed by atoms with Crippen LogP contribution in [0.1, 0.15) is 28.8 Å². The summed E-state index contributed by atoms with van der Waals surface area (Å²) < 4.78 is 4.76. The largest absolute Gasteiger partial charge is 0.465 e. The number of ether oxygens (including phenoxy) is 1. The van der Waals surface area contributed by atoms with Crippen LogP contribution in [0.5, 0.6) is 0 Å². The third-order valence-electron chi connectivity index (χ3n) is 4.49. The molecule has 0 spiro atoms. The average Bonchev–Trinajstić information content (AvgIpc) is 2.64. The van der Waals surface area contributed by atoms with E-state index < -0.39 is 5.97 Å². The molecule has 0 radical (unpaired) electrons. The highest BCUT2D eigenvalue weighted by molar-refractivity contribution is 5.97. The van der Waals surface area contributed by atoms with Gasteiger partial charge in [0.15, 0.2) is 0 Å². The molecular formula is C19H24N4O2. The van der Waals surface area contributed by atoms with Crippen molar-refractivity contribution in [2.45, 2.75) is 25.4 Å². The van der Waals surface area contributed by atoms with Crippen molar-refractivity contribution in [2.75, 3.05) is 31.2 Å². The number of nitrogens with zero attached hydrogens (tertiary/aromatic N) is 2. The van der Waals surface area contributed by atoms with Crippen LogP contribution in [0.3, 0.4) is 0 Å². The fourth-order valence-corrected chi connectivity index (χ4v) is 3.23. The van der Waals surface area contributed by atoms with Gasteiger partial charge in [0.1, 0.15) is 5.82 Å². The predicted octanol–water partition coefficient (Wildman–Crippen LogP) is 2.53. The van der Waals surface area contributed by atoms with Crippen molar-refractivity contribution in [1.29, 1.82) is 0 Å². The Balaban J connectivity index is 1.66. The Morgan fingerprint density at radius 2 is 2.16 bits per heavy atom.